The van der Waals surface area contributed by atoms with Crippen LogP contribution in [-0.2, 0) is 5.66 Å². The third kappa shape index (κ3) is 3.28. The minimum Gasteiger partial charge on any atom is -0.454 e. The van der Waals surface area contributed by atoms with Crippen LogP contribution in [0.4, 0.5) is 0 Å². The zero-order valence-electron chi connectivity index (χ0n) is 30.5. The maximum absolute atomic E-state index is 8.44. The molecule has 1 spiro atoms. The van der Waals surface area contributed by atoms with E-state index in [2.05, 4.69) is 144 Å². The van der Waals surface area contributed by atoms with Crippen molar-refractivity contribution < 1.29 is 17.7 Å². The van der Waals surface area contributed by atoms with Crippen molar-refractivity contribution in [1.82, 2.24) is 0 Å². The lowest BCUT2D eigenvalue weighted by atomic mass is 9.89. The van der Waals surface area contributed by atoms with E-state index < -0.39 is 20.6 Å². The normalized spacial score (nSPS) is 17.4. The predicted molar refractivity (Wildman–Crippen MR) is 203 cm³/mol. The van der Waals surface area contributed by atoms with Gasteiger partial charge in [-0.15, -0.1) is 9.13 Å². The Labute approximate surface area is 289 Å². The molecule has 5 heterocycles. The molecule has 0 bridgehead atoms. The lowest BCUT2D eigenvalue weighted by Gasteiger charge is -2.20. The summed E-state index contributed by atoms with van der Waals surface area (Å²) in [5.74, 6) is 0. The van der Waals surface area contributed by atoms with Crippen molar-refractivity contribution in [3.63, 3.8) is 0 Å². The Morgan fingerprint density at radius 2 is 1.24 bits per heavy atom. The number of rotatable bonds is 1. The van der Waals surface area contributed by atoms with Gasteiger partial charge in [0.05, 0.1) is 13.6 Å². The summed E-state index contributed by atoms with van der Waals surface area (Å²) in [5.41, 5.74) is 7.47. The first-order valence-electron chi connectivity index (χ1n) is 18.5. The van der Waals surface area contributed by atoms with Crippen molar-refractivity contribution in [2.75, 3.05) is 0 Å². The van der Waals surface area contributed by atoms with Gasteiger partial charge in [-0.05, 0) is 69.7 Å². The van der Waals surface area contributed by atoms with E-state index in [1.54, 1.807) is 6.07 Å². The molecule has 0 radical (unpaired) electrons. The van der Waals surface area contributed by atoms with Gasteiger partial charge in [0.1, 0.15) is 27.9 Å². The first kappa shape index (κ1) is 24.5. The summed E-state index contributed by atoms with van der Waals surface area (Å²) in [6.45, 7) is 4.87. The molecule has 0 aliphatic carbocycles. The number of aryl methyl sites for hydroxylation is 1. The Hall–Kier alpha value is -5.58. The summed E-state index contributed by atoms with van der Waals surface area (Å²) in [6.07, 6.45) is 4.35. The highest BCUT2D eigenvalue weighted by atomic mass is 28.3. The molecular weight excluding hydrogens is 613 g/mol. The van der Waals surface area contributed by atoms with Crippen molar-refractivity contribution in [2.24, 2.45) is 0 Å². The molecule has 6 aromatic carbocycles. The van der Waals surface area contributed by atoms with Gasteiger partial charge < -0.3 is 4.42 Å². The molecule has 2 aliphatic heterocycles. The smallest absolute Gasteiger partial charge is 0.417 e. The molecule has 0 saturated heterocycles. The number of fused-ring (bicyclic) bond motifs is 21. The molecule has 2 aliphatic rings. The van der Waals surface area contributed by atoms with E-state index in [9.17, 15) is 0 Å². The molecule has 232 valence electrons. The predicted octanol–water partition coefficient (Wildman–Crippen LogP) is 9.73. The quantitative estimate of drug-likeness (QED) is 0.0986. The van der Waals surface area contributed by atoms with Gasteiger partial charge in [-0.2, -0.15) is 0 Å². The number of hydrogen-bond acceptors (Lipinski definition) is 1. The van der Waals surface area contributed by atoms with Gasteiger partial charge in [-0.1, -0.05) is 92.4 Å². The molecule has 3 aromatic heterocycles. The SMILES string of the molecule is [2H]C([2H])([2H])c1cc[n+]2c(c1)-c1c(ccc3c1oc1c3ccc3c4ccccc4c4ccccc4c31)C21c2ccccc2-c2ccc([Si](C)(C)C)c[n+]21. The number of aromatic nitrogens is 2. The van der Waals surface area contributed by atoms with E-state index in [1.165, 1.54) is 26.9 Å². The minimum absolute atomic E-state index is 0.310. The summed E-state index contributed by atoms with van der Waals surface area (Å²) in [5, 5.41) is 10.4. The molecule has 1 atom stereocenters. The van der Waals surface area contributed by atoms with Crippen LogP contribution in [0.25, 0.3) is 76.8 Å². The summed E-state index contributed by atoms with van der Waals surface area (Å²) >= 11 is 0. The Morgan fingerprint density at radius 3 is 2.02 bits per heavy atom. The van der Waals surface area contributed by atoms with Crippen LogP contribution in [0.15, 0.2) is 138 Å². The fraction of sp³-hybridized carbons (Fsp3) is 0.111. The summed E-state index contributed by atoms with van der Waals surface area (Å²) in [6, 6.07) is 43.0. The molecule has 9 aromatic rings. The van der Waals surface area contributed by atoms with Crippen molar-refractivity contribution >= 4 is 67.5 Å². The third-order valence-corrected chi connectivity index (χ3v) is 13.2. The zero-order chi connectivity index (χ0) is 35.3. The lowest BCUT2D eigenvalue weighted by molar-refractivity contribution is -0.954. The largest absolute Gasteiger partial charge is 0.454 e. The zero-order valence-corrected chi connectivity index (χ0v) is 28.5. The third-order valence-electron chi connectivity index (χ3n) is 11.2. The van der Waals surface area contributed by atoms with E-state index in [0.29, 0.717) is 5.56 Å². The molecule has 1 unspecified atom stereocenters. The Balaban J connectivity index is 1.33. The first-order chi connectivity index (χ1) is 25.1. The van der Waals surface area contributed by atoms with Gasteiger partial charge in [-0.25, -0.2) is 0 Å². The second-order valence-electron chi connectivity index (χ2n) is 14.7. The number of hydrogen-bond donors (Lipinski definition) is 0. The first-order valence-corrected chi connectivity index (χ1v) is 20.5. The van der Waals surface area contributed by atoms with Crippen LogP contribution >= 0.6 is 0 Å². The van der Waals surface area contributed by atoms with E-state index in [4.69, 9.17) is 8.53 Å². The van der Waals surface area contributed by atoms with Crippen LogP contribution in [0, 0.1) is 6.85 Å². The van der Waals surface area contributed by atoms with Gasteiger partial charge in [-0.3, -0.25) is 0 Å². The van der Waals surface area contributed by atoms with Crippen LogP contribution in [-0.4, -0.2) is 8.07 Å². The molecule has 0 saturated carbocycles. The molecule has 49 heavy (non-hydrogen) atoms. The average Bonchev–Trinajstić information content (AvgIpc) is 3.77. The molecule has 0 N–H and O–H groups in total. The molecule has 4 heteroatoms. The maximum Gasteiger partial charge on any atom is 0.417 e. The van der Waals surface area contributed by atoms with Gasteiger partial charge in [0, 0.05) is 43.7 Å². The van der Waals surface area contributed by atoms with E-state index in [1.807, 2.05) is 12.3 Å². The summed E-state index contributed by atoms with van der Waals surface area (Å²) < 4.78 is 37.3. The van der Waals surface area contributed by atoms with Crippen molar-refractivity contribution in [2.45, 2.75) is 32.2 Å². The van der Waals surface area contributed by atoms with Crippen molar-refractivity contribution in [3.8, 4) is 22.5 Å². The van der Waals surface area contributed by atoms with E-state index in [0.717, 1.165) is 66.2 Å². The molecule has 0 amide bonds. The number of furan rings is 1. The molecular formula is C45H34N2OSi+2. The van der Waals surface area contributed by atoms with Crippen LogP contribution < -0.4 is 14.3 Å². The fourth-order valence-corrected chi connectivity index (χ4v) is 10.1. The topological polar surface area (TPSA) is 20.9 Å². The van der Waals surface area contributed by atoms with Gasteiger partial charge >= 0.3 is 5.66 Å². The Kier molecular flexibility index (Phi) is 4.56. The number of pyridine rings is 2. The monoisotopic (exact) mass is 649 g/mol. The Morgan fingerprint density at radius 1 is 0.592 bits per heavy atom. The highest BCUT2D eigenvalue weighted by Crippen LogP contribution is 2.51. The van der Waals surface area contributed by atoms with Crippen LogP contribution in [0.3, 0.4) is 0 Å². The number of nitrogens with zero attached hydrogens (tertiary/aromatic N) is 2. The van der Waals surface area contributed by atoms with Gasteiger partial charge in [0.25, 0.3) is 0 Å². The molecule has 3 nitrogen and oxygen atoms in total. The maximum atomic E-state index is 8.44. The minimum atomic E-state index is -2.27. The Bertz CT molecular complexity index is 3030. The average molecular weight is 650 g/mol. The number of benzene rings is 6. The van der Waals surface area contributed by atoms with Gasteiger partial charge in [0.2, 0.25) is 11.4 Å². The van der Waals surface area contributed by atoms with Crippen molar-refractivity contribution in [1.29, 1.82) is 0 Å². The van der Waals surface area contributed by atoms with Crippen LogP contribution in [0.1, 0.15) is 20.8 Å². The standard InChI is InChI=1S/C45H34N2OSi/c1-27-23-24-46-40(25-27)42-38(45(46)37-16-10-9-15-36(37)39-22-17-28(26-47(39)45)49(2,3)4)21-20-35-34-19-18-33-31-13-6-5-11-29(31)30-12-7-8-14-32(30)41(33)43(34)48-44(35)42/h5-26H,1-4H3/q+2/i1D3. The highest BCUT2D eigenvalue weighted by molar-refractivity contribution is 6.88. The van der Waals surface area contributed by atoms with E-state index in [-0.39, 0.29) is 0 Å². The van der Waals surface area contributed by atoms with Crippen molar-refractivity contribution in [3.05, 3.63) is 150 Å². The second kappa shape index (κ2) is 9.10. The highest BCUT2D eigenvalue weighted by Gasteiger charge is 2.67. The summed E-state index contributed by atoms with van der Waals surface area (Å²) in [4.78, 5) is 0. The fourth-order valence-electron chi connectivity index (χ4n) is 9.03. The van der Waals surface area contributed by atoms with Crippen LogP contribution in [0.2, 0.25) is 19.6 Å². The molecule has 0 fully saturated rings. The van der Waals surface area contributed by atoms with E-state index >= 15 is 0 Å². The molecule has 11 rings (SSSR count). The van der Waals surface area contributed by atoms with Crippen LogP contribution in [0.5, 0.6) is 0 Å². The summed E-state index contributed by atoms with van der Waals surface area (Å²) in [7, 11) is -1.72. The second-order valence-corrected chi connectivity index (χ2v) is 19.8. The van der Waals surface area contributed by atoms with Gasteiger partial charge in [0.15, 0.2) is 12.4 Å². The lowest BCUT2D eigenvalue weighted by Crippen LogP contribution is -2.72.